The van der Waals surface area contributed by atoms with Gasteiger partial charge in [0.1, 0.15) is 11.6 Å². The number of phenols is 1. The Hall–Kier alpha value is -2.50. The van der Waals surface area contributed by atoms with Crippen LogP contribution in [0.5, 0.6) is 5.75 Å². The predicted molar refractivity (Wildman–Crippen MR) is 82.1 cm³/mol. The summed E-state index contributed by atoms with van der Waals surface area (Å²) in [5.41, 5.74) is 1.61. The first-order valence-electron chi connectivity index (χ1n) is 6.88. The number of nitrogens with one attached hydrogen (secondary N) is 1. The number of benzene rings is 1. The Bertz CT molecular complexity index is 731. The number of carbonyl (C=O) groups is 1. The van der Waals surface area contributed by atoms with E-state index in [1.165, 1.54) is 4.90 Å². The van der Waals surface area contributed by atoms with Gasteiger partial charge in [0, 0.05) is 38.6 Å². The summed E-state index contributed by atoms with van der Waals surface area (Å²) in [4.78, 5) is 18.2. The monoisotopic (exact) mass is 286 g/mol. The van der Waals surface area contributed by atoms with E-state index in [9.17, 15) is 9.90 Å². The van der Waals surface area contributed by atoms with E-state index in [2.05, 4.69) is 10.3 Å². The van der Waals surface area contributed by atoms with Crippen LogP contribution in [0.15, 0.2) is 29.4 Å². The third-order valence-electron chi connectivity index (χ3n) is 3.58. The first-order valence-corrected chi connectivity index (χ1v) is 6.88. The smallest absolute Gasteiger partial charge is 0.328 e. The molecular weight excluding hydrogens is 268 g/mol. The zero-order valence-electron chi connectivity index (χ0n) is 12.1. The number of aliphatic imine (C=N–C) groups is 1. The average molecular weight is 286 g/mol. The van der Waals surface area contributed by atoms with Gasteiger partial charge in [-0.2, -0.15) is 0 Å². The minimum atomic E-state index is -0.141. The largest absolute Gasteiger partial charge is 0.507 e. The van der Waals surface area contributed by atoms with Crippen LogP contribution in [0.2, 0.25) is 0 Å². The van der Waals surface area contributed by atoms with E-state index in [1.807, 2.05) is 6.07 Å². The van der Waals surface area contributed by atoms with Crippen LogP contribution in [-0.4, -0.2) is 53.6 Å². The Morgan fingerprint density at radius 2 is 2.29 bits per heavy atom. The van der Waals surface area contributed by atoms with E-state index >= 15 is 0 Å². The number of amides is 1. The number of aromatic nitrogens is 1. The molecule has 6 nitrogen and oxygen atoms in total. The highest BCUT2D eigenvalue weighted by molar-refractivity contribution is 5.99. The molecule has 0 spiro atoms. The maximum atomic E-state index is 12.3. The highest BCUT2D eigenvalue weighted by Crippen LogP contribution is 2.30. The Morgan fingerprint density at radius 3 is 2.95 bits per heavy atom. The molecule has 2 heterocycles. The molecule has 0 unspecified atom stereocenters. The molecule has 110 valence electrons. The van der Waals surface area contributed by atoms with E-state index in [0.29, 0.717) is 17.3 Å². The van der Waals surface area contributed by atoms with E-state index < -0.39 is 0 Å². The first-order chi connectivity index (χ1) is 10.1. The summed E-state index contributed by atoms with van der Waals surface area (Å²) in [5.74, 6) is 1.08. The van der Waals surface area contributed by atoms with Gasteiger partial charge in [0.2, 0.25) is 0 Å². The Morgan fingerprint density at radius 1 is 1.48 bits per heavy atom. The molecule has 2 aromatic rings. The van der Waals surface area contributed by atoms with Gasteiger partial charge in [-0.1, -0.05) is 6.07 Å². The number of phenolic OH excluding ortho intramolecular Hbond substituents is 1. The number of amidine groups is 1. The van der Waals surface area contributed by atoms with Crippen LogP contribution in [0.3, 0.4) is 0 Å². The minimum absolute atomic E-state index is 0.141. The van der Waals surface area contributed by atoms with Gasteiger partial charge in [0.15, 0.2) is 0 Å². The predicted octanol–water partition coefficient (Wildman–Crippen LogP) is 1.42. The molecule has 6 heteroatoms. The molecule has 21 heavy (non-hydrogen) atoms. The van der Waals surface area contributed by atoms with Crippen LogP contribution in [-0.2, 0) is 6.42 Å². The summed E-state index contributed by atoms with van der Waals surface area (Å²) >= 11 is 0. The van der Waals surface area contributed by atoms with E-state index in [0.717, 1.165) is 24.5 Å². The van der Waals surface area contributed by atoms with Gasteiger partial charge in [0.05, 0.1) is 12.1 Å². The van der Waals surface area contributed by atoms with E-state index in [1.54, 1.807) is 37.0 Å². The summed E-state index contributed by atoms with van der Waals surface area (Å²) in [6.07, 6.45) is 2.37. The lowest BCUT2D eigenvalue weighted by Crippen LogP contribution is -2.26. The van der Waals surface area contributed by atoms with Crippen molar-refractivity contribution >= 4 is 22.8 Å². The van der Waals surface area contributed by atoms with Gasteiger partial charge in [-0.3, -0.25) is 9.56 Å². The number of fused-ring (bicyclic) bond motifs is 1. The fourth-order valence-corrected chi connectivity index (χ4v) is 2.60. The maximum absolute atomic E-state index is 12.3. The lowest BCUT2D eigenvalue weighted by atomic mass is 10.1. The fraction of sp³-hybridized carbons (Fsp3) is 0.333. The van der Waals surface area contributed by atoms with Crippen molar-refractivity contribution < 1.29 is 9.90 Å². The lowest BCUT2D eigenvalue weighted by Gasteiger charge is -2.11. The zero-order chi connectivity index (χ0) is 15.0. The van der Waals surface area contributed by atoms with Gasteiger partial charge in [-0.25, -0.2) is 4.79 Å². The van der Waals surface area contributed by atoms with Gasteiger partial charge in [-0.05, 0) is 17.7 Å². The standard InChI is InChI=1S/C15H18N4O2/c1-18(2)15(21)19-9-10(8-13-16-6-7-17-13)14-11(19)4-3-5-12(14)20/h3-5,9,20H,6-8H2,1-2H3,(H,16,17). The Kier molecular flexibility index (Phi) is 3.29. The lowest BCUT2D eigenvalue weighted by molar-refractivity contribution is 0.220. The molecule has 1 aromatic heterocycles. The van der Waals surface area contributed by atoms with Crippen LogP contribution < -0.4 is 5.32 Å². The molecule has 1 aliphatic rings. The van der Waals surface area contributed by atoms with Crippen molar-refractivity contribution in [2.75, 3.05) is 27.2 Å². The number of hydrogen-bond donors (Lipinski definition) is 2. The Balaban J connectivity index is 2.13. The second-order valence-corrected chi connectivity index (χ2v) is 5.30. The molecule has 3 rings (SSSR count). The number of nitrogens with zero attached hydrogens (tertiary/aromatic N) is 3. The number of carbonyl (C=O) groups excluding carboxylic acids is 1. The van der Waals surface area contributed by atoms with Crippen molar-refractivity contribution in [3.05, 3.63) is 30.0 Å². The van der Waals surface area contributed by atoms with Crippen LogP contribution >= 0.6 is 0 Å². The van der Waals surface area contributed by atoms with Crippen LogP contribution in [0, 0.1) is 0 Å². The van der Waals surface area contributed by atoms with Gasteiger partial charge in [-0.15, -0.1) is 0 Å². The van der Waals surface area contributed by atoms with Crippen molar-refractivity contribution in [3.63, 3.8) is 0 Å². The van der Waals surface area contributed by atoms with Crippen molar-refractivity contribution in [3.8, 4) is 5.75 Å². The summed E-state index contributed by atoms with van der Waals surface area (Å²) in [6, 6.07) is 5.08. The molecule has 0 radical (unpaired) electrons. The van der Waals surface area contributed by atoms with Crippen LogP contribution in [0.4, 0.5) is 4.79 Å². The molecule has 0 aliphatic carbocycles. The molecule has 1 aliphatic heterocycles. The van der Waals surface area contributed by atoms with E-state index in [4.69, 9.17) is 0 Å². The summed E-state index contributed by atoms with van der Waals surface area (Å²) in [5, 5.41) is 14.1. The number of rotatable bonds is 2. The number of hydrogen-bond acceptors (Lipinski definition) is 4. The third-order valence-corrected chi connectivity index (χ3v) is 3.58. The summed E-state index contributed by atoms with van der Waals surface area (Å²) in [6.45, 7) is 1.62. The molecule has 2 N–H and O–H groups in total. The molecule has 0 saturated heterocycles. The molecule has 1 amide bonds. The molecule has 0 atom stereocenters. The molecule has 0 saturated carbocycles. The van der Waals surface area contributed by atoms with Crippen molar-refractivity contribution in [1.29, 1.82) is 0 Å². The molecule has 1 aromatic carbocycles. The van der Waals surface area contributed by atoms with E-state index in [-0.39, 0.29) is 11.8 Å². The Labute approximate surface area is 122 Å². The normalized spacial score (nSPS) is 14.1. The second-order valence-electron chi connectivity index (χ2n) is 5.30. The SMILES string of the molecule is CN(C)C(=O)n1cc(CC2=NCCN2)c2c(O)cccc21. The first kappa shape index (κ1) is 13.5. The summed E-state index contributed by atoms with van der Waals surface area (Å²) < 4.78 is 1.57. The van der Waals surface area contributed by atoms with Crippen LogP contribution in [0.25, 0.3) is 10.9 Å². The molecule has 0 fully saturated rings. The quantitative estimate of drug-likeness (QED) is 0.877. The summed E-state index contributed by atoms with van der Waals surface area (Å²) in [7, 11) is 3.42. The number of aromatic hydroxyl groups is 1. The highest BCUT2D eigenvalue weighted by atomic mass is 16.3. The van der Waals surface area contributed by atoms with Gasteiger partial charge < -0.3 is 15.3 Å². The van der Waals surface area contributed by atoms with Crippen molar-refractivity contribution in [2.24, 2.45) is 4.99 Å². The fourth-order valence-electron chi connectivity index (χ4n) is 2.60. The minimum Gasteiger partial charge on any atom is -0.507 e. The maximum Gasteiger partial charge on any atom is 0.328 e. The third kappa shape index (κ3) is 2.33. The second kappa shape index (κ2) is 5.12. The molecular formula is C15H18N4O2. The van der Waals surface area contributed by atoms with Crippen LogP contribution in [0.1, 0.15) is 5.56 Å². The van der Waals surface area contributed by atoms with Crippen molar-refractivity contribution in [2.45, 2.75) is 6.42 Å². The topological polar surface area (TPSA) is 69.9 Å². The zero-order valence-corrected chi connectivity index (χ0v) is 12.1. The average Bonchev–Trinajstić information content (AvgIpc) is 3.07. The van der Waals surface area contributed by atoms with Gasteiger partial charge in [0.25, 0.3) is 0 Å². The highest BCUT2D eigenvalue weighted by Gasteiger charge is 2.19. The van der Waals surface area contributed by atoms with Gasteiger partial charge >= 0.3 is 6.03 Å². The van der Waals surface area contributed by atoms with Crippen molar-refractivity contribution in [1.82, 2.24) is 14.8 Å². The molecule has 0 bridgehead atoms.